The van der Waals surface area contributed by atoms with Crippen LogP contribution in [0.2, 0.25) is 0 Å². The second-order valence-corrected chi connectivity index (χ2v) is 9.92. The first-order valence-electron chi connectivity index (χ1n) is 9.57. The molecule has 8 nitrogen and oxygen atoms in total. The Morgan fingerprint density at radius 1 is 1.17 bits per heavy atom. The minimum Gasteiger partial charge on any atom is -0.348 e. The van der Waals surface area contributed by atoms with E-state index in [1.165, 1.54) is 15.6 Å². The summed E-state index contributed by atoms with van der Waals surface area (Å²) in [7, 11) is -3.55. The Kier molecular flexibility index (Phi) is 7.20. The van der Waals surface area contributed by atoms with Crippen molar-refractivity contribution in [3.63, 3.8) is 0 Å². The molecule has 30 heavy (non-hydrogen) atoms. The summed E-state index contributed by atoms with van der Waals surface area (Å²) in [6, 6.07) is 11.4. The van der Waals surface area contributed by atoms with Gasteiger partial charge in [-0.2, -0.15) is 9.57 Å². The molecule has 1 aromatic carbocycles. The lowest BCUT2D eigenvalue weighted by Gasteiger charge is -2.34. The van der Waals surface area contributed by atoms with Gasteiger partial charge in [0.1, 0.15) is 10.3 Å². The van der Waals surface area contributed by atoms with Gasteiger partial charge >= 0.3 is 11.8 Å². The second-order valence-electron chi connectivity index (χ2n) is 6.85. The Morgan fingerprint density at radius 2 is 1.97 bits per heavy atom. The van der Waals surface area contributed by atoms with Crippen molar-refractivity contribution in [2.75, 3.05) is 18.4 Å². The van der Waals surface area contributed by atoms with E-state index in [9.17, 15) is 18.0 Å². The van der Waals surface area contributed by atoms with Crippen LogP contribution < -0.4 is 10.6 Å². The van der Waals surface area contributed by atoms with Crippen LogP contribution in [0.3, 0.4) is 0 Å². The van der Waals surface area contributed by atoms with E-state index in [4.69, 9.17) is 5.26 Å². The van der Waals surface area contributed by atoms with Crippen molar-refractivity contribution >= 4 is 38.9 Å². The van der Waals surface area contributed by atoms with Gasteiger partial charge in [-0.25, -0.2) is 8.42 Å². The number of benzene rings is 1. The number of para-hydroxylation sites is 1. The molecule has 0 spiro atoms. The number of hydrogen-bond acceptors (Lipinski definition) is 6. The van der Waals surface area contributed by atoms with Crippen LogP contribution >= 0.6 is 11.3 Å². The van der Waals surface area contributed by atoms with Crippen molar-refractivity contribution < 1.29 is 18.0 Å². The molecule has 0 radical (unpaired) electrons. The summed E-state index contributed by atoms with van der Waals surface area (Å²) in [6.45, 7) is 0.623. The highest BCUT2D eigenvalue weighted by Crippen LogP contribution is 2.29. The highest BCUT2D eigenvalue weighted by Gasteiger charge is 2.33. The predicted molar refractivity (Wildman–Crippen MR) is 113 cm³/mol. The molecular formula is C20H22N4O4S2. The van der Waals surface area contributed by atoms with Gasteiger partial charge in [-0.05, 0) is 42.8 Å². The van der Waals surface area contributed by atoms with E-state index in [0.717, 1.165) is 12.8 Å². The molecule has 2 amide bonds. The van der Waals surface area contributed by atoms with Gasteiger partial charge in [0.25, 0.3) is 10.0 Å². The van der Waals surface area contributed by atoms with Crippen LogP contribution in [-0.4, -0.2) is 43.7 Å². The molecule has 0 bridgehead atoms. The largest absolute Gasteiger partial charge is 0.348 e. The highest BCUT2D eigenvalue weighted by atomic mass is 32.2. The number of nitrogens with one attached hydrogen (secondary N) is 2. The standard InChI is InChI=1S/C20H22N4O4S2/c21-14-15-6-1-2-8-17(15)23-20(26)19(25)22-11-10-16-7-3-4-12-24(16)30(27,28)18-9-5-13-29-18/h1-2,5-6,8-9,13,16H,3-4,7,10-12H2,(H,22,25)(H,23,26)/t16-/m0/s1. The molecule has 10 heteroatoms. The van der Waals surface area contributed by atoms with Gasteiger partial charge in [-0.1, -0.05) is 24.6 Å². The van der Waals surface area contributed by atoms with Gasteiger partial charge in [-0.15, -0.1) is 11.3 Å². The maximum atomic E-state index is 12.9. The maximum absolute atomic E-state index is 12.9. The molecule has 0 aliphatic carbocycles. The summed E-state index contributed by atoms with van der Waals surface area (Å²) in [4.78, 5) is 24.2. The van der Waals surface area contributed by atoms with Crippen molar-refractivity contribution in [1.82, 2.24) is 9.62 Å². The smallest absolute Gasteiger partial charge is 0.313 e. The van der Waals surface area contributed by atoms with Gasteiger partial charge in [0.05, 0.1) is 11.3 Å². The number of amides is 2. The Bertz CT molecular complexity index is 1050. The lowest BCUT2D eigenvalue weighted by molar-refractivity contribution is -0.136. The molecular weight excluding hydrogens is 424 g/mol. The number of piperidine rings is 1. The average molecular weight is 447 g/mol. The van der Waals surface area contributed by atoms with Crippen LogP contribution in [0, 0.1) is 11.3 Å². The van der Waals surface area contributed by atoms with Gasteiger partial charge in [0.2, 0.25) is 0 Å². The number of anilines is 1. The molecule has 0 saturated carbocycles. The zero-order valence-corrected chi connectivity index (χ0v) is 17.8. The predicted octanol–water partition coefficient (Wildman–Crippen LogP) is 2.31. The van der Waals surface area contributed by atoms with Crippen molar-refractivity contribution in [2.24, 2.45) is 0 Å². The van der Waals surface area contributed by atoms with Crippen LogP contribution in [0.1, 0.15) is 31.2 Å². The van der Waals surface area contributed by atoms with Crippen molar-refractivity contribution in [1.29, 1.82) is 5.26 Å². The number of rotatable bonds is 6. The molecule has 2 N–H and O–H groups in total. The molecule has 2 heterocycles. The molecule has 1 aliphatic heterocycles. The quantitative estimate of drug-likeness (QED) is 0.660. The number of carbonyl (C=O) groups is 2. The topological polar surface area (TPSA) is 119 Å². The summed E-state index contributed by atoms with van der Waals surface area (Å²) in [5.74, 6) is -1.70. The molecule has 1 fully saturated rings. The van der Waals surface area contributed by atoms with E-state index in [0.29, 0.717) is 23.6 Å². The van der Waals surface area contributed by atoms with Crippen LogP contribution in [0.4, 0.5) is 5.69 Å². The number of nitriles is 1. The Balaban J connectivity index is 1.56. The molecule has 0 unspecified atom stereocenters. The van der Waals surface area contributed by atoms with Crippen LogP contribution in [0.25, 0.3) is 0 Å². The first-order chi connectivity index (χ1) is 14.4. The monoisotopic (exact) mass is 446 g/mol. The van der Waals surface area contributed by atoms with Crippen molar-refractivity contribution in [2.45, 2.75) is 35.9 Å². The van der Waals surface area contributed by atoms with Crippen molar-refractivity contribution in [3.8, 4) is 6.07 Å². The average Bonchev–Trinajstić information content (AvgIpc) is 3.30. The molecule has 2 aromatic rings. The van der Waals surface area contributed by atoms with E-state index in [-0.39, 0.29) is 23.8 Å². The Morgan fingerprint density at radius 3 is 2.70 bits per heavy atom. The highest BCUT2D eigenvalue weighted by molar-refractivity contribution is 7.91. The Labute approximate surface area is 179 Å². The molecule has 1 atom stereocenters. The van der Waals surface area contributed by atoms with Gasteiger partial charge < -0.3 is 10.6 Å². The third kappa shape index (κ3) is 5.05. The minimum atomic E-state index is -3.55. The molecule has 158 valence electrons. The van der Waals surface area contributed by atoms with E-state index >= 15 is 0 Å². The molecule has 1 aromatic heterocycles. The van der Waals surface area contributed by atoms with Gasteiger partial charge in [-0.3, -0.25) is 9.59 Å². The van der Waals surface area contributed by atoms with E-state index in [2.05, 4.69) is 10.6 Å². The number of carbonyl (C=O) groups excluding carboxylic acids is 2. The fraction of sp³-hybridized carbons (Fsp3) is 0.350. The third-order valence-electron chi connectivity index (χ3n) is 4.90. The van der Waals surface area contributed by atoms with Crippen LogP contribution in [0.5, 0.6) is 0 Å². The number of sulfonamides is 1. The van der Waals surface area contributed by atoms with E-state index < -0.39 is 21.8 Å². The van der Waals surface area contributed by atoms with E-state index in [1.807, 2.05) is 6.07 Å². The molecule has 1 saturated heterocycles. The summed E-state index contributed by atoms with van der Waals surface area (Å²) in [6.07, 6.45) is 2.84. The summed E-state index contributed by atoms with van der Waals surface area (Å²) in [5, 5.41) is 15.8. The van der Waals surface area contributed by atoms with Gasteiger partial charge in [0.15, 0.2) is 0 Å². The summed E-state index contributed by atoms with van der Waals surface area (Å²) in [5.41, 5.74) is 0.524. The lowest BCUT2D eigenvalue weighted by atomic mass is 10.0. The number of thiophene rings is 1. The van der Waals surface area contributed by atoms with Gasteiger partial charge in [0, 0.05) is 19.1 Å². The van der Waals surface area contributed by atoms with Crippen LogP contribution in [-0.2, 0) is 19.6 Å². The number of hydrogen-bond donors (Lipinski definition) is 2. The Hall–Kier alpha value is -2.74. The SMILES string of the molecule is N#Cc1ccccc1NC(=O)C(=O)NCC[C@@H]1CCCCN1S(=O)(=O)c1cccs1. The maximum Gasteiger partial charge on any atom is 0.313 e. The van der Waals surface area contributed by atoms with E-state index in [1.54, 1.807) is 41.8 Å². The fourth-order valence-corrected chi connectivity index (χ4v) is 6.25. The zero-order valence-electron chi connectivity index (χ0n) is 16.2. The fourth-order valence-electron chi connectivity index (χ4n) is 3.41. The number of nitrogens with zero attached hydrogens (tertiary/aromatic N) is 2. The molecule has 1 aliphatic rings. The second kappa shape index (κ2) is 9.84. The van der Waals surface area contributed by atoms with Crippen molar-refractivity contribution in [3.05, 3.63) is 47.3 Å². The first-order valence-corrected chi connectivity index (χ1v) is 11.9. The van der Waals surface area contributed by atoms with Crippen LogP contribution in [0.15, 0.2) is 46.0 Å². The minimum absolute atomic E-state index is 0.174. The third-order valence-corrected chi connectivity index (χ3v) is 8.22. The molecule has 3 rings (SSSR count). The summed E-state index contributed by atoms with van der Waals surface area (Å²) < 4.78 is 27.6. The first kappa shape index (κ1) is 22.0. The summed E-state index contributed by atoms with van der Waals surface area (Å²) >= 11 is 1.19. The zero-order chi connectivity index (χ0) is 21.6. The lowest BCUT2D eigenvalue weighted by Crippen LogP contribution is -2.45. The normalized spacial score (nSPS) is 17.1.